The van der Waals surface area contributed by atoms with Gasteiger partial charge in [0.1, 0.15) is 0 Å². The van der Waals surface area contributed by atoms with Gasteiger partial charge in [-0.1, -0.05) is 30.3 Å². The molecule has 0 amide bonds. The van der Waals surface area contributed by atoms with E-state index in [0.29, 0.717) is 12.5 Å². The number of nitrogens with one attached hydrogen (secondary N) is 1. The fraction of sp³-hybridized carbons (Fsp3) is 0.471. The first-order valence-electron chi connectivity index (χ1n) is 7.95. The van der Waals surface area contributed by atoms with Gasteiger partial charge in [-0.05, 0) is 24.4 Å². The number of hydrogen-bond donors (Lipinski definition) is 1. The Bertz CT molecular complexity index is 669. The lowest BCUT2D eigenvalue weighted by molar-refractivity contribution is -0.141. The zero-order valence-corrected chi connectivity index (χ0v) is 13.4. The van der Waals surface area contributed by atoms with Gasteiger partial charge < -0.3 is 10.1 Å². The van der Waals surface area contributed by atoms with Gasteiger partial charge in [0, 0.05) is 25.6 Å². The van der Waals surface area contributed by atoms with Crippen molar-refractivity contribution >= 4 is 0 Å². The van der Waals surface area contributed by atoms with Crippen LogP contribution in [0.25, 0.3) is 0 Å². The summed E-state index contributed by atoms with van der Waals surface area (Å²) in [5.74, 6) is 0.674. The minimum Gasteiger partial charge on any atom is -0.477 e. The molecule has 1 aromatic carbocycles. The first kappa shape index (κ1) is 16.8. The molecule has 0 bridgehead atoms. The molecule has 1 fully saturated rings. The van der Waals surface area contributed by atoms with Gasteiger partial charge in [-0.3, -0.25) is 0 Å². The highest BCUT2D eigenvalue weighted by Gasteiger charge is 2.35. The highest BCUT2D eigenvalue weighted by atomic mass is 19.4. The predicted octanol–water partition coefficient (Wildman–Crippen LogP) is 3.21. The van der Waals surface area contributed by atoms with E-state index < -0.39 is 11.9 Å². The molecule has 130 valence electrons. The maximum Gasteiger partial charge on any atom is 0.435 e. The summed E-state index contributed by atoms with van der Waals surface area (Å²) >= 11 is 0. The standard InChI is InChI=1S/C17H20F3N3O/c1-23-16(9-15(22-23)17(18,19)20)24-11-13-10-21-8-7-14(13)12-5-3-2-4-6-12/h2-6,9,13-14,21H,7-8,10-11H2,1H3/t13-,14-/m0/s1. The van der Waals surface area contributed by atoms with E-state index in [1.54, 1.807) is 0 Å². The topological polar surface area (TPSA) is 39.1 Å². The Morgan fingerprint density at radius 1 is 1.29 bits per heavy atom. The number of halogens is 3. The smallest absolute Gasteiger partial charge is 0.435 e. The summed E-state index contributed by atoms with van der Waals surface area (Å²) in [7, 11) is 1.46. The molecule has 2 atom stereocenters. The Hall–Kier alpha value is -2.02. The molecule has 1 aliphatic heterocycles. The Morgan fingerprint density at radius 3 is 2.71 bits per heavy atom. The average Bonchev–Trinajstić information content (AvgIpc) is 2.95. The fourth-order valence-electron chi connectivity index (χ4n) is 3.15. The van der Waals surface area contributed by atoms with Gasteiger partial charge in [0.25, 0.3) is 0 Å². The van der Waals surface area contributed by atoms with Crippen LogP contribution in [0.1, 0.15) is 23.6 Å². The molecule has 0 saturated carbocycles. The summed E-state index contributed by atoms with van der Waals surface area (Å²) in [6.45, 7) is 2.06. The number of rotatable bonds is 4. The van der Waals surface area contributed by atoms with E-state index in [1.807, 2.05) is 18.2 Å². The number of ether oxygens (including phenoxy) is 1. The largest absolute Gasteiger partial charge is 0.477 e. The van der Waals surface area contributed by atoms with Crippen molar-refractivity contribution in [2.75, 3.05) is 19.7 Å². The van der Waals surface area contributed by atoms with Crippen LogP contribution in [0.5, 0.6) is 5.88 Å². The van der Waals surface area contributed by atoms with Crippen LogP contribution in [0.15, 0.2) is 36.4 Å². The monoisotopic (exact) mass is 339 g/mol. The lowest BCUT2D eigenvalue weighted by atomic mass is 9.81. The quantitative estimate of drug-likeness (QED) is 0.930. The van der Waals surface area contributed by atoms with Gasteiger partial charge in [-0.15, -0.1) is 0 Å². The molecule has 2 aromatic rings. The molecule has 3 rings (SSSR count). The van der Waals surface area contributed by atoms with E-state index in [0.717, 1.165) is 30.3 Å². The molecule has 1 saturated heterocycles. The molecular formula is C17H20F3N3O. The zero-order valence-electron chi connectivity index (χ0n) is 13.4. The van der Waals surface area contributed by atoms with Crippen LogP contribution < -0.4 is 10.1 Å². The first-order valence-corrected chi connectivity index (χ1v) is 7.95. The summed E-state index contributed by atoms with van der Waals surface area (Å²) in [5, 5.41) is 6.81. The van der Waals surface area contributed by atoms with E-state index >= 15 is 0 Å². The van der Waals surface area contributed by atoms with Crippen LogP contribution in [0.4, 0.5) is 13.2 Å². The molecule has 1 N–H and O–H groups in total. The van der Waals surface area contributed by atoms with Crippen LogP contribution in [-0.2, 0) is 13.2 Å². The van der Waals surface area contributed by atoms with Crippen molar-refractivity contribution in [2.45, 2.75) is 18.5 Å². The maximum absolute atomic E-state index is 12.7. The lowest BCUT2D eigenvalue weighted by Crippen LogP contribution is -2.38. The second-order valence-corrected chi connectivity index (χ2v) is 6.07. The molecule has 24 heavy (non-hydrogen) atoms. The number of nitrogens with zero attached hydrogens (tertiary/aromatic N) is 2. The van der Waals surface area contributed by atoms with E-state index in [2.05, 4.69) is 22.5 Å². The number of hydrogen-bond acceptors (Lipinski definition) is 3. The maximum atomic E-state index is 12.7. The molecule has 0 spiro atoms. The molecular weight excluding hydrogens is 319 g/mol. The molecule has 0 aliphatic carbocycles. The zero-order chi connectivity index (χ0) is 17.2. The lowest BCUT2D eigenvalue weighted by Gasteiger charge is -2.32. The molecule has 2 heterocycles. The van der Waals surface area contributed by atoms with Crippen molar-refractivity contribution in [3.8, 4) is 5.88 Å². The van der Waals surface area contributed by atoms with Crippen LogP contribution in [0, 0.1) is 5.92 Å². The highest BCUT2D eigenvalue weighted by molar-refractivity contribution is 5.22. The summed E-state index contributed by atoms with van der Waals surface area (Å²) in [6.07, 6.45) is -3.48. The van der Waals surface area contributed by atoms with Gasteiger partial charge >= 0.3 is 6.18 Å². The molecule has 7 heteroatoms. The van der Waals surface area contributed by atoms with E-state index in [1.165, 1.54) is 12.6 Å². The summed E-state index contributed by atoms with van der Waals surface area (Å²) in [4.78, 5) is 0. The molecule has 0 unspecified atom stereocenters. The third kappa shape index (κ3) is 3.72. The van der Waals surface area contributed by atoms with Crippen LogP contribution in [0.3, 0.4) is 0 Å². The van der Waals surface area contributed by atoms with Gasteiger partial charge in [-0.25, -0.2) is 4.68 Å². The van der Waals surface area contributed by atoms with Crippen molar-refractivity contribution in [3.05, 3.63) is 47.7 Å². The van der Waals surface area contributed by atoms with Crippen molar-refractivity contribution in [3.63, 3.8) is 0 Å². The summed E-state index contributed by atoms with van der Waals surface area (Å²) in [5.41, 5.74) is 0.315. The number of aromatic nitrogens is 2. The Labute approximate surface area is 138 Å². The van der Waals surface area contributed by atoms with E-state index in [4.69, 9.17) is 4.74 Å². The average molecular weight is 339 g/mol. The minimum absolute atomic E-state index is 0.139. The second-order valence-electron chi connectivity index (χ2n) is 6.07. The number of alkyl halides is 3. The van der Waals surface area contributed by atoms with E-state index in [-0.39, 0.29) is 11.8 Å². The second kappa shape index (κ2) is 6.84. The first-order chi connectivity index (χ1) is 11.4. The van der Waals surface area contributed by atoms with Gasteiger partial charge in [0.15, 0.2) is 5.69 Å². The minimum atomic E-state index is -4.46. The Balaban J connectivity index is 1.70. The normalized spacial score (nSPS) is 21.7. The van der Waals surface area contributed by atoms with E-state index in [9.17, 15) is 13.2 Å². The molecule has 0 radical (unpaired) electrons. The van der Waals surface area contributed by atoms with Crippen LogP contribution in [-0.4, -0.2) is 29.5 Å². The predicted molar refractivity (Wildman–Crippen MR) is 83.9 cm³/mol. The number of aryl methyl sites for hydroxylation is 1. The number of benzene rings is 1. The van der Waals surface area contributed by atoms with Crippen molar-refractivity contribution in [1.29, 1.82) is 0 Å². The third-order valence-electron chi connectivity index (χ3n) is 4.41. The van der Waals surface area contributed by atoms with Gasteiger partial charge in [-0.2, -0.15) is 18.3 Å². The summed E-state index contributed by atoms with van der Waals surface area (Å²) < 4.78 is 45.0. The van der Waals surface area contributed by atoms with Crippen molar-refractivity contribution in [2.24, 2.45) is 13.0 Å². The Kier molecular flexibility index (Phi) is 4.80. The van der Waals surface area contributed by atoms with Crippen molar-refractivity contribution in [1.82, 2.24) is 15.1 Å². The third-order valence-corrected chi connectivity index (χ3v) is 4.41. The fourth-order valence-corrected chi connectivity index (χ4v) is 3.15. The Morgan fingerprint density at radius 2 is 2.04 bits per heavy atom. The molecule has 1 aromatic heterocycles. The molecule has 4 nitrogen and oxygen atoms in total. The summed E-state index contributed by atoms with van der Waals surface area (Å²) in [6, 6.07) is 11.1. The SMILES string of the molecule is Cn1nc(C(F)(F)F)cc1OC[C@@H]1CNCC[C@H]1c1ccccc1. The highest BCUT2D eigenvalue weighted by Crippen LogP contribution is 2.33. The van der Waals surface area contributed by atoms with Crippen LogP contribution >= 0.6 is 0 Å². The van der Waals surface area contributed by atoms with Crippen LogP contribution in [0.2, 0.25) is 0 Å². The molecule has 1 aliphatic rings. The van der Waals surface area contributed by atoms with Gasteiger partial charge in [0.05, 0.1) is 6.61 Å². The number of piperidine rings is 1. The van der Waals surface area contributed by atoms with Crippen molar-refractivity contribution < 1.29 is 17.9 Å². The van der Waals surface area contributed by atoms with Gasteiger partial charge in [0.2, 0.25) is 5.88 Å².